The van der Waals surface area contributed by atoms with Gasteiger partial charge in [0.25, 0.3) is 5.56 Å². The summed E-state index contributed by atoms with van der Waals surface area (Å²) in [6.07, 6.45) is 3.38. The first kappa shape index (κ1) is 20.7. The number of benzene rings is 2. The van der Waals surface area contributed by atoms with Crippen LogP contribution in [0.15, 0.2) is 41.3 Å². The van der Waals surface area contributed by atoms with Crippen LogP contribution in [0.3, 0.4) is 0 Å². The van der Waals surface area contributed by atoms with Gasteiger partial charge in [0.1, 0.15) is 10.7 Å². The summed E-state index contributed by atoms with van der Waals surface area (Å²) in [5.74, 6) is -1.66. The summed E-state index contributed by atoms with van der Waals surface area (Å²) in [5.41, 5.74) is 0.715. The van der Waals surface area contributed by atoms with Crippen molar-refractivity contribution < 1.29 is 13.9 Å². The molecule has 1 aliphatic rings. The van der Waals surface area contributed by atoms with E-state index in [2.05, 4.69) is 4.37 Å². The number of thiophene rings is 1. The van der Waals surface area contributed by atoms with Gasteiger partial charge in [0.15, 0.2) is 17.4 Å². The predicted molar refractivity (Wildman–Crippen MR) is 127 cm³/mol. The second-order valence-electron chi connectivity index (χ2n) is 7.99. The topological polar surface area (TPSA) is 68.0 Å². The summed E-state index contributed by atoms with van der Waals surface area (Å²) in [7, 11) is 0. The highest BCUT2D eigenvalue weighted by Crippen LogP contribution is 2.46. The van der Waals surface area contributed by atoms with Gasteiger partial charge in [-0.05, 0) is 60.1 Å². The number of hydrogen-bond acceptors (Lipinski definition) is 6. The third kappa shape index (κ3) is 3.34. The molecule has 3 aromatic heterocycles. The number of aromatic hydroxyl groups is 1. The quantitative estimate of drug-likeness (QED) is 0.314. The molecule has 0 amide bonds. The Labute approximate surface area is 198 Å². The number of halogens is 3. The highest BCUT2D eigenvalue weighted by atomic mass is 35.5. The largest absolute Gasteiger partial charge is 0.505 e. The molecule has 0 unspecified atom stereocenters. The Morgan fingerprint density at radius 1 is 1.18 bits per heavy atom. The van der Waals surface area contributed by atoms with Crippen molar-refractivity contribution in [3.8, 4) is 17.1 Å². The summed E-state index contributed by atoms with van der Waals surface area (Å²) < 4.78 is 34.5. The van der Waals surface area contributed by atoms with E-state index in [0.717, 1.165) is 35.1 Å². The zero-order chi connectivity index (χ0) is 22.9. The van der Waals surface area contributed by atoms with Crippen LogP contribution >= 0.6 is 34.5 Å². The molecule has 1 aliphatic carbocycles. The smallest absolute Gasteiger partial charge is 0.263 e. The van der Waals surface area contributed by atoms with Crippen molar-refractivity contribution >= 4 is 54.8 Å². The SMILES string of the molecule is O=c1c2c(nc(-c3cc(F)c(F)cc3C3CC3)n1Cc1ccns1)sc1c(O)c(Cl)ccc12. The monoisotopic (exact) mass is 501 g/mol. The fourth-order valence-corrected chi connectivity index (χ4v) is 5.99. The van der Waals surface area contributed by atoms with Crippen LogP contribution in [0.2, 0.25) is 5.02 Å². The second kappa shape index (κ2) is 7.58. The van der Waals surface area contributed by atoms with E-state index in [1.54, 1.807) is 18.3 Å². The number of hydrogen-bond donors (Lipinski definition) is 1. The van der Waals surface area contributed by atoms with Crippen molar-refractivity contribution in [3.05, 3.63) is 74.0 Å². The molecule has 0 saturated heterocycles. The first-order valence-corrected chi connectivity index (χ1v) is 12.1. The van der Waals surface area contributed by atoms with Gasteiger partial charge in [0.05, 0.1) is 21.7 Å². The van der Waals surface area contributed by atoms with Crippen LogP contribution in [0.25, 0.3) is 31.7 Å². The molecule has 5 nitrogen and oxygen atoms in total. The van der Waals surface area contributed by atoms with E-state index in [0.29, 0.717) is 31.4 Å². The van der Waals surface area contributed by atoms with Gasteiger partial charge in [-0.3, -0.25) is 9.36 Å². The number of fused-ring (bicyclic) bond motifs is 3. The second-order valence-corrected chi connectivity index (χ2v) is 10.3. The van der Waals surface area contributed by atoms with Crippen LogP contribution in [-0.2, 0) is 6.54 Å². The highest BCUT2D eigenvalue weighted by Gasteiger charge is 2.30. The number of nitrogens with zero attached hydrogens (tertiary/aromatic N) is 3. The number of phenolic OH excluding ortho intramolecular Hbond substituents is 1. The van der Waals surface area contributed by atoms with Gasteiger partial charge in [0.2, 0.25) is 0 Å². The minimum absolute atomic E-state index is 0.102. The molecule has 2 aromatic carbocycles. The predicted octanol–water partition coefficient (Wildman–Crippen LogP) is 6.30. The Balaban J connectivity index is 1.71. The molecule has 1 saturated carbocycles. The van der Waals surface area contributed by atoms with Crippen molar-refractivity contribution in [3.63, 3.8) is 0 Å². The molecule has 6 rings (SSSR count). The van der Waals surface area contributed by atoms with Crippen molar-refractivity contribution in [2.24, 2.45) is 0 Å². The van der Waals surface area contributed by atoms with E-state index >= 15 is 0 Å². The lowest BCUT2D eigenvalue weighted by Crippen LogP contribution is -2.23. The fourth-order valence-electron chi connectivity index (χ4n) is 4.10. The molecule has 5 aromatic rings. The number of rotatable bonds is 4. The Morgan fingerprint density at radius 3 is 2.70 bits per heavy atom. The third-order valence-corrected chi connectivity index (χ3v) is 7.98. The zero-order valence-corrected chi connectivity index (χ0v) is 19.2. The maximum Gasteiger partial charge on any atom is 0.263 e. The highest BCUT2D eigenvalue weighted by molar-refractivity contribution is 7.25. The van der Waals surface area contributed by atoms with Gasteiger partial charge in [-0.2, -0.15) is 0 Å². The Kier molecular flexibility index (Phi) is 4.76. The maximum atomic E-state index is 14.4. The van der Waals surface area contributed by atoms with Crippen molar-refractivity contribution in [2.75, 3.05) is 0 Å². The van der Waals surface area contributed by atoms with Gasteiger partial charge in [-0.15, -0.1) is 11.3 Å². The summed E-state index contributed by atoms with van der Waals surface area (Å²) >= 11 is 8.46. The Morgan fingerprint density at radius 2 is 1.97 bits per heavy atom. The molecule has 10 heteroatoms. The van der Waals surface area contributed by atoms with E-state index in [1.807, 2.05) is 0 Å². The molecule has 166 valence electrons. The summed E-state index contributed by atoms with van der Waals surface area (Å²) in [5, 5.41) is 11.5. The first-order valence-electron chi connectivity index (χ1n) is 10.2. The minimum Gasteiger partial charge on any atom is -0.505 e. The molecule has 0 atom stereocenters. The van der Waals surface area contributed by atoms with Gasteiger partial charge in [-0.25, -0.2) is 18.1 Å². The molecule has 0 radical (unpaired) electrons. The van der Waals surface area contributed by atoms with Gasteiger partial charge in [-0.1, -0.05) is 17.7 Å². The first-order chi connectivity index (χ1) is 15.9. The third-order valence-electron chi connectivity index (χ3n) is 5.84. The van der Waals surface area contributed by atoms with Crippen molar-refractivity contribution in [2.45, 2.75) is 25.3 Å². The zero-order valence-electron chi connectivity index (χ0n) is 16.8. The molecular weight excluding hydrogens is 488 g/mol. The summed E-state index contributed by atoms with van der Waals surface area (Å²) in [6.45, 7) is 0.182. The molecule has 33 heavy (non-hydrogen) atoms. The van der Waals surface area contributed by atoms with Crippen LogP contribution in [0.1, 0.15) is 29.2 Å². The molecule has 1 N–H and O–H groups in total. The standard InChI is InChI=1S/C23H14ClF2N3O2S2/c24-15-4-3-12-18-22(32-20(12)19(15)30)28-21(29(23(18)31)9-11-5-6-27-33-11)14-8-17(26)16(25)7-13(14)10-1-2-10/h3-8,10,30H,1-2,9H2. The van der Waals surface area contributed by atoms with Crippen LogP contribution in [0, 0.1) is 11.6 Å². The van der Waals surface area contributed by atoms with Crippen LogP contribution in [0.4, 0.5) is 8.78 Å². The van der Waals surface area contributed by atoms with Crippen molar-refractivity contribution in [1.29, 1.82) is 0 Å². The average molecular weight is 502 g/mol. The van der Waals surface area contributed by atoms with E-state index < -0.39 is 11.6 Å². The van der Waals surface area contributed by atoms with Crippen LogP contribution < -0.4 is 5.56 Å². The van der Waals surface area contributed by atoms with Gasteiger partial charge in [0, 0.05) is 22.0 Å². The summed E-state index contributed by atoms with van der Waals surface area (Å²) in [4.78, 5) is 19.8. The lowest BCUT2D eigenvalue weighted by atomic mass is 10.0. The Hall–Kier alpha value is -2.88. The van der Waals surface area contributed by atoms with Gasteiger partial charge >= 0.3 is 0 Å². The normalized spacial score (nSPS) is 13.9. The lowest BCUT2D eigenvalue weighted by Gasteiger charge is -2.15. The number of phenols is 1. The fraction of sp³-hybridized carbons (Fsp3) is 0.174. The molecule has 0 bridgehead atoms. The average Bonchev–Trinajstić information content (AvgIpc) is 3.37. The van der Waals surface area contributed by atoms with E-state index in [-0.39, 0.29) is 34.6 Å². The molecule has 0 spiro atoms. The molecule has 0 aliphatic heterocycles. The lowest BCUT2D eigenvalue weighted by molar-refractivity contribution is 0.483. The van der Waals surface area contributed by atoms with E-state index in [9.17, 15) is 18.7 Å². The van der Waals surface area contributed by atoms with Crippen LogP contribution in [-0.4, -0.2) is 19.0 Å². The van der Waals surface area contributed by atoms with Crippen molar-refractivity contribution in [1.82, 2.24) is 13.9 Å². The maximum absolute atomic E-state index is 14.4. The Bertz CT molecular complexity index is 1630. The molecular formula is C23H14ClF2N3O2S2. The van der Waals surface area contributed by atoms with Crippen LogP contribution in [0.5, 0.6) is 5.75 Å². The summed E-state index contributed by atoms with van der Waals surface area (Å²) in [6, 6.07) is 7.36. The molecule has 3 heterocycles. The van der Waals surface area contributed by atoms with Gasteiger partial charge < -0.3 is 5.11 Å². The minimum atomic E-state index is -0.992. The molecule has 1 fully saturated rings. The van der Waals surface area contributed by atoms with E-state index in [1.165, 1.54) is 28.2 Å². The van der Waals surface area contributed by atoms with E-state index in [4.69, 9.17) is 16.6 Å². The number of aromatic nitrogens is 3.